The third-order valence-corrected chi connectivity index (χ3v) is 5.34. The highest BCUT2D eigenvalue weighted by Crippen LogP contribution is 2.35. The lowest BCUT2D eigenvalue weighted by Gasteiger charge is -2.15. The van der Waals surface area contributed by atoms with E-state index >= 15 is 0 Å². The van der Waals surface area contributed by atoms with Gasteiger partial charge in [0, 0.05) is 24.6 Å². The minimum atomic E-state index is -0.500. The summed E-state index contributed by atoms with van der Waals surface area (Å²) in [4.78, 5) is 49.9. The van der Waals surface area contributed by atoms with Crippen LogP contribution in [0.3, 0.4) is 0 Å². The van der Waals surface area contributed by atoms with Gasteiger partial charge in [0.2, 0.25) is 11.6 Å². The van der Waals surface area contributed by atoms with Gasteiger partial charge in [-0.25, -0.2) is 19.8 Å². The topological polar surface area (TPSA) is 136 Å². The van der Waals surface area contributed by atoms with Gasteiger partial charge in [0.1, 0.15) is 18.7 Å². The number of hydrogen-bond acceptors (Lipinski definition) is 11. The van der Waals surface area contributed by atoms with Crippen molar-refractivity contribution >= 4 is 40.0 Å². The number of benzene rings is 2. The van der Waals surface area contributed by atoms with E-state index in [-0.39, 0.29) is 29.5 Å². The lowest BCUT2D eigenvalue weighted by atomic mass is 10.0. The van der Waals surface area contributed by atoms with Crippen molar-refractivity contribution < 1.29 is 38.1 Å². The Hall–Kier alpha value is -4.64. The van der Waals surface area contributed by atoms with Gasteiger partial charge in [0.25, 0.3) is 0 Å². The first-order valence-electron chi connectivity index (χ1n) is 11.1. The fourth-order valence-electron chi connectivity index (χ4n) is 3.47. The highest BCUT2D eigenvalue weighted by atomic mass is 16.5. The number of esters is 1. The van der Waals surface area contributed by atoms with Crippen LogP contribution in [0.1, 0.15) is 16.8 Å². The van der Waals surface area contributed by atoms with Crippen LogP contribution in [0.15, 0.2) is 59.6 Å². The summed E-state index contributed by atoms with van der Waals surface area (Å²) in [6.07, 6.45) is 2.13. The van der Waals surface area contributed by atoms with Crippen molar-refractivity contribution in [2.45, 2.75) is 6.42 Å². The Kier molecular flexibility index (Phi) is 7.84. The highest BCUT2D eigenvalue weighted by molar-refractivity contribution is 6.50. The third kappa shape index (κ3) is 5.78. The van der Waals surface area contributed by atoms with Gasteiger partial charge in [-0.05, 0) is 30.3 Å². The van der Waals surface area contributed by atoms with E-state index in [1.54, 1.807) is 19.2 Å². The molecule has 1 aliphatic carbocycles. The molecule has 0 saturated heterocycles. The molecule has 11 nitrogen and oxygen atoms in total. The molecule has 0 bridgehead atoms. The zero-order chi connectivity index (χ0) is 26.4. The van der Waals surface area contributed by atoms with E-state index < -0.39 is 17.5 Å². The van der Waals surface area contributed by atoms with Gasteiger partial charge in [0.05, 0.1) is 44.0 Å². The molecule has 0 radical (unpaired) electrons. The highest BCUT2D eigenvalue weighted by Gasteiger charge is 2.27. The Balaban J connectivity index is 1.58. The third-order valence-electron chi connectivity index (χ3n) is 5.34. The second kappa shape index (κ2) is 11.4. The van der Waals surface area contributed by atoms with E-state index in [0.29, 0.717) is 41.2 Å². The van der Waals surface area contributed by atoms with Gasteiger partial charge in [-0.3, -0.25) is 9.59 Å². The number of ketones is 2. The molecule has 0 aliphatic heterocycles. The van der Waals surface area contributed by atoms with Crippen LogP contribution < -0.4 is 14.2 Å². The van der Waals surface area contributed by atoms with Gasteiger partial charge < -0.3 is 23.7 Å². The van der Waals surface area contributed by atoms with Crippen LogP contribution in [-0.4, -0.2) is 67.8 Å². The number of carbonyl (C=O) groups excluding carboxylic acids is 3. The maximum atomic E-state index is 12.8. The molecule has 0 spiro atoms. The van der Waals surface area contributed by atoms with Gasteiger partial charge in [-0.15, -0.1) is 0 Å². The van der Waals surface area contributed by atoms with Crippen molar-refractivity contribution in [2.24, 2.45) is 4.99 Å². The smallest absolute Gasteiger partial charge is 0.337 e. The molecule has 37 heavy (non-hydrogen) atoms. The number of fused-ring (bicyclic) bond motifs is 1. The van der Waals surface area contributed by atoms with E-state index in [1.807, 2.05) is 0 Å². The molecule has 0 atom stereocenters. The Morgan fingerprint density at radius 2 is 1.78 bits per heavy atom. The van der Waals surface area contributed by atoms with Crippen LogP contribution in [0.4, 0.5) is 5.82 Å². The molecule has 1 aromatic heterocycles. The summed E-state index contributed by atoms with van der Waals surface area (Å²) in [7, 11) is 4.35. The van der Waals surface area contributed by atoms with Gasteiger partial charge in [-0.2, -0.15) is 0 Å². The van der Waals surface area contributed by atoms with E-state index in [4.69, 9.17) is 18.9 Å². The minimum Gasteiger partial charge on any atom is -0.493 e. The zero-order valence-electron chi connectivity index (χ0n) is 20.3. The summed E-state index contributed by atoms with van der Waals surface area (Å²) in [6, 6.07) is 9.33. The fraction of sp³-hybridized carbons (Fsp3) is 0.231. The molecule has 11 heteroatoms. The molecule has 0 amide bonds. The van der Waals surface area contributed by atoms with E-state index in [2.05, 4.69) is 19.7 Å². The molecule has 2 aromatic carbocycles. The summed E-state index contributed by atoms with van der Waals surface area (Å²) in [5, 5.41) is 0.517. The van der Waals surface area contributed by atoms with Gasteiger partial charge in [0.15, 0.2) is 23.1 Å². The average molecular weight is 505 g/mol. The molecule has 4 rings (SSSR count). The number of aromatic nitrogens is 2. The molecule has 1 aliphatic rings. The van der Waals surface area contributed by atoms with E-state index in [0.717, 1.165) is 6.08 Å². The number of carbonyl (C=O) groups is 3. The zero-order valence-corrected chi connectivity index (χ0v) is 20.3. The predicted molar refractivity (Wildman–Crippen MR) is 132 cm³/mol. The SMILES string of the molecule is COCCOc1cc2ncnc(N=C3CC(=O)C(Oc4ccc(C(=O)OC)cc4)=CC3=O)c2cc1OC. The monoisotopic (exact) mass is 505 g/mol. The minimum absolute atomic E-state index is 0.0118. The molecule has 0 unspecified atom stereocenters. The Bertz CT molecular complexity index is 1410. The van der Waals surface area contributed by atoms with Crippen molar-refractivity contribution in [2.75, 3.05) is 34.5 Å². The molecular weight excluding hydrogens is 482 g/mol. The normalized spacial score (nSPS) is 14.5. The standard InChI is InChI=1S/C26H23N3O8/c1-33-8-9-36-24-12-18-17(10-23(24)34-2)25(28-14-27-18)29-19-11-21(31)22(13-20(19)30)37-16-6-4-15(5-7-16)26(32)35-3/h4-7,10,12-14H,8-9,11H2,1-3H3. The first-order chi connectivity index (χ1) is 17.9. The molecule has 190 valence electrons. The van der Waals surface area contributed by atoms with Crippen LogP contribution in [0.2, 0.25) is 0 Å². The van der Waals surface area contributed by atoms with Crippen molar-refractivity contribution in [3.8, 4) is 17.2 Å². The van der Waals surface area contributed by atoms with Crippen LogP contribution >= 0.6 is 0 Å². The van der Waals surface area contributed by atoms with E-state index in [9.17, 15) is 14.4 Å². The number of methoxy groups -OCH3 is 3. The maximum Gasteiger partial charge on any atom is 0.337 e. The number of rotatable bonds is 9. The van der Waals surface area contributed by atoms with Crippen LogP contribution in [0, 0.1) is 0 Å². The maximum absolute atomic E-state index is 12.8. The Labute approximate surface area is 211 Å². The predicted octanol–water partition coefficient (Wildman–Crippen LogP) is 3.03. The lowest BCUT2D eigenvalue weighted by Crippen LogP contribution is -2.26. The summed E-state index contributed by atoms with van der Waals surface area (Å²) < 4.78 is 26.4. The lowest BCUT2D eigenvalue weighted by molar-refractivity contribution is -0.118. The number of aliphatic imine (C=N–C) groups is 1. The van der Waals surface area contributed by atoms with Crippen molar-refractivity contribution in [3.63, 3.8) is 0 Å². The molecule has 1 heterocycles. The Morgan fingerprint density at radius 1 is 1.00 bits per heavy atom. The summed E-state index contributed by atoms with van der Waals surface area (Å²) in [6.45, 7) is 0.722. The van der Waals surface area contributed by atoms with Crippen molar-refractivity contribution in [3.05, 3.63) is 60.1 Å². The van der Waals surface area contributed by atoms with Crippen molar-refractivity contribution in [1.82, 2.24) is 9.97 Å². The number of allylic oxidation sites excluding steroid dienone is 2. The van der Waals surface area contributed by atoms with Crippen LogP contribution in [0.5, 0.6) is 17.2 Å². The number of Topliss-reactive ketones (excluding diaryl/α,β-unsaturated/α-hetero) is 1. The quantitative estimate of drug-likeness (QED) is 0.315. The summed E-state index contributed by atoms with van der Waals surface area (Å²) in [5.74, 6) is -0.143. The second-order valence-corrected chi connectivity index (χ2v) is 7.71. The molecule has 3 aromatic rings. The summed E-state index contributed by atoms with van der Waals surface area (Å²) >= 11 is 0. The molecule has 0 fully saturated rings. The molecular formula is C26H23N3O8. The van der Waals surface area contributed by atoms with Gasteiger partial charge in [-0.1, -0.05) is 0 Å². The first-order valence-corrected chi connectivity index (χ1v) is 11.1. The average Bonchev–Trinajstić information content (AvgIpc) is 2.91. The Morgan fingerprint density at radius 3 is 2.49 bits per heavy atom. The second-order valence-electron chi connectivity index (χ2n) is 7.71. The van der Waals surface area contributed by atoms with Crippen molar-refractivity contribution in [1.29, 1.82) is 0 Å². The van der Waals surface area contributed by atoms with Crippen LogP contribution in [-0.2, 0) is 19.1 Å². The van der Waals surface area contributed by atoms with E-state index in [1.165, 1.54) is 44.8 Å². The molecule has 0 saturated carbocycles. The molecule has 0 N–H and O–H groups in total. The van der Waals surface area contributed by atoms with Crippen LogP contribution in [0.25, 0.3) is 10.9 Å². The number of hydrogen-bond donors (Lipinski definition) is 0. The van der Waals surface area contributed by atoms with Gasteiger partial charge >= 0.3 is 5.97 Å². The number of nitrogens with zero attached hydrogens (tertiary/aromatic N) is 3. The first kappa shape index (κ1) is 25.5. The summed E-state index contributed by atoms with van der Waals surface area (Å²) in [5.41, 5.74) is 0.858. The largest absolute Gasteiger partial charge is 0.493 e. The fourth-order valence-corrected chi connectivity index (χ4v) is 3.47. The number of ether oxygens (including phenoxy) is 5.